The maximum Gasteiger partial charge on any atom is 0.408 e. The molecule has 2 saturated carbocycles. The number of esters is 1. The number of anilines is 1. The molecule has 0 radical (unpaired) electrons. The lowest BCUT2D eigenvalue weighted by Crippen LogP contribution is -2.52. The molecule has 3 aliphatic heterocycles. The SMILES string of the molecule is COc1ccc2c(OC3CC4C5=NC6(CC6=C=CCCCCCC(NC(=O)OC6CCCC6)C(=O)N4C3)C(=O)O5)cc(-c3csc(NC(C)C)n3)nc2c1. The first-order chi connectivity index (χ1) is 26.2. The van der Waals surface area contributed by atoms with Gasteiger partial charge in [-0.25, -0.2) is 24.5 Å². The van der Waals surface area contributed by atoms with E-state index < -0.39 is 35.8 Å². The second kappa shape index (κ2) is 15.1. The summed E-state index contributed by atoms with van der Waals surface area (Å²) < 4.78 is 23.9. The zero-order valence-electron chi connectivity index (χ0n) is 30.9. The number of fused-ring (bicyclic) bond motifs is 3. The Bertz CT molecular complexity index is 2050. The number of carbonyl (C=O) groups excluding carboxylic acids is 3. The molecule has 1 spiro atoms. The van der Waals surface area contributed by atoms with Crippen molar-refractivity contribution in [2.24, 2.45) is 4.99 Å². The molecule has 2 aliphatic carbocycles. The number of methoxy groups -OCH3 is 1. The summed E-state index contributed by atoms with van der Waals surface area (Å²) in [6, 6.07) is 6.20. The van der Waals surface area contributed by atoms with Crippen LogP contribution in [0.2, 0.25) is 0 Å². The van der Waals surface area contributed by atoms with Gasteiger partial charge in [-0.1, -0.05) is 12.8 Å². The van der Waals surface area contributed by atoms with Crippen molar-refractivity contribution in [2.45, 2.75) is 120 Å². The lowest BCUT2D eigenvalue weighted by molar-refractivity contribution is -0.137. The molecule has 2 aromatic heterocycles. The van der Waals surface area contributed by atoms with Gasteiger partial charge in [0.05, 0.1) is 24.9 Å². The normalized spacial score (nSPS) is 25.6. The van der Waals surface area contributed by atoms with Gasteiger partial charge in [0.25, 0.3) is 0 Å². The van der Waals surface area contributed by atoms with E-state index in [1.54, 1.807) is 12.0 Å². The van der Waals surface area contributed by atoms with Gasteiger partial charge in [-0.3, -0.25) is 4.79 Å². The molecule has 54 heavy (non-hydrogen) atoms. The highest BCUT2D eigenvalue weighted by atomic mass is 32.1. The summed E-state index contributed by atoms with van der Waals surface area (Å²) >= 11 is 1.50. The first-order valence-corrected chi connectivity index (χ1v) is 20.0. The minimum absolute atomic E-state index is 0.141. The number of aliphatic imine (C=N–C) groups is 1. The Kier molecular flexibility index (Phi) is 10.1. The number of pyridine rings is 1. The topological polar surface area (TPSA) is 154 Å². The van der Waals surface area contributed by atoms with Crippen LogP contribution in [-0.4, -0.2) is 88.3 Å². The molecule has 2 bridgehead atoms. The largest absolute Gasteiger partial charge is 0.497 e. The lowest BCUT2D eigenvalue weighted by Gasteiger charge is -2.28. The second-order valence-corrected chi connectivity index (χ2v) is 15.9. The minimum atomic E-state index is -1.07. The van der Waals surface area contributed by atoms with Gasteiger partial charge in [-0.2, -0.15) is 0 Å². The van der Waals surface area contributed by atoms with Crippen LogP contribution in [0.25, 0.3) is 22.3 Å². The molecule has 5 aliphatic rings. The van der Waals surface area contributed by atoms with Gasteiger partial charge in [0, 0.05) is 47.4 Å². The Morgan fingerprint density at radius 1 is 1.06 bits per heavy atom. The Balaban J connectivity index is 1.12. The van der Waals surface area contributed by atoms with Crippen LogP contribution in [0, 0.1) is 0 Å². The molecule has 3 aromatic rings. The Hall–Kier alpha value is -4.94. The number of aromatic nitrogens is 2. The number of nitrogens with zero attached hydrogens (tertiary/aromatic N) is 4. The van der Waals surface area contributed by atoms with E-state index in [0.717, 1.165) is 67.5 Å². The first-order valence-electron chi connectivity index (χ1n) is 19.1. The number of hydrogen-bond acceptors (Lipinski definition) is 12. The molecular formula is C40H46N6O7S. The van der Waals surface area contributed by atoms with Crippen LogP contribution in [0.1, 0.15) is 84.5 Å². The van der Waals surface area contributed by atoms with E-state index in [1.165, 1.54) is 11.3 Å². The molecule has 13 nitrogen and oxygen atoms in total. The van der Waals surface area contributed by atoms with Crippen LogP contribution in [0.3, 0.4) is 0 Å². The first kappa shape index (κ1) is 36.1. The van der Waals surface area contributed by atoms with Crippen molar-refractivity contribution in [3.8, 4) is 22.9 Å². The fourth-order valence-corrected chi connectivity index (χ4v) is 8.65. The summed E-state index contributed by atoms with van der Waals surface area (Å²) in [6.07, 6.45) is 8.93. The lowest BCUT2D eigenvalue weighted by atomic mass is 10.1. The Labute approximate surface area is 318 Å². The molecular weight excluding hydrogens is 709 g/mol. The molecule has 1 aromatic carbocycles. The Morgan fingerprint density at radius 2 is 1.89 bits per heavy atom. The van der Waals surface area contributed by atoms with E-state index in [0.29, 0.717) is 47.7 Å². The second-order valence-electron chi connectivity index (χ2n) is 15.1. The highest BCUT2D eigenvalue weighted by molar-refractivity contribution is 7.14. The predicted molar refractivity (Wildman–Crippen MR) is 204 cm³/mol. The summed E-state index contributed by atoms with van der Waals surface area (Å²) in [5.74, 6) is 0.681. The third-order valence-corrected chi connectivity index (χ3v) is 11.5. The number of rotatable bonds is 8. The van der Waals surface area contributed by atoms with Gasteiger partial charge < -0.3 is 34.5 Å². The summed E-state index contributed by atoms with van der Waals surface area (Å²) in [5, 5.41) is 9.77. The highest BCUT2D eigenvalue weighted by Crippen LogP contribution is 2.50. The quantitative estimate of drug-likeness (QED) is 0.187. The van der Waals surface area contributed by atoms with Gasteiger partial charge in [0.2, 0.25) is 11.8 Å². The van der Waals surface area contributed by atoms with Crippen molar-refractivity contribution < 1.29 is 33.3 Å². The third-order valence-electron chi connectivity index (χ3n) is 10.7. The van der Waals surface area contributed by atoms with Crippen LogP contribution in [0.5, 0.6) is 11.5 Å². The number of hydrogen-bond donors (Lipinski definition) is 2. The fraction of sp³-hybridized carbons (Fsp3) is 0.525. The zero-order valence-corrected chi connectivity index (χ0v) is 31.7. The average Bonchev–Trinajstić information content (AvgIpc) is 3.69. The van der Waals surface area contributed by atoms with E-state index in [-0.39, 0.29) is 30.5 Å². The number of nitrogens with one attached hydrogen (secondary N) is 2. The molecule has 8 rings (SSSR count). The molecule has 2 N–H and O–H groups in total. The van der Waals surface area contributed by atoms with Crippen molar-refractivity contribution >= 4 is 51.2 Å². The molecule has 284 valence electrons. The van der Waals surface area contributed by atoms with Crippen LogP contribution < -0.4 is 20.1 Å². The van der Waals surface area contributed by atoms with E-state index in [2.05, 4.69) is 30.2 Å². The number of alkyl carbamates (subject to hydrolysis) is 1. The van der Waals surface area contributed by atoms with Crippen molar-refractivity contribution in [3.63, 3.8) is 0 Å². The van der Waals surface area contributed by atoms with Gasteiger partial charge in [0.15, 0.2) is 10.7 Å². The molecule has 4 unspecified atom stereocenters. The van der Waals surface area contributed by atoms with E-state index in [9.17, 15) is 14.4 Å². The fourth-order valence-electron chi connectivity index (χ4n) is 7.80. The van der Waals surface area contributed by atoms with E-state index in [4.69, 9.17) is 33.9 Å². The standard InChI is InChI=1S/C40H46N6O7S/c1-23(2)41-38-43-32(22-54-38)31-19-34(28-16-15-26(50-3)17-30(28)42-31)51-27-18-33-35-45-40(37(48)53-35)20-24(40)11-7-5-4-6-8-14-29(36(47)46(33)21-27)44-39(49)52-25-12-9-10-13-25/h7,15-17,19,22-23,25,27,29,33H,4-6,8-10,12-14,18,20-21H2,1-3H3,(H,41,43)(H,44,49). The molecule has 1 saturated heterocycles. The van der Waals surface area contributed by atoms with Crippen LogP contribution in [-0.2, 0) is 19.1 Å². The number of amides is 2. The number of benzene rings is 1. The van der Waals surface area contributed by atoms with Crippen molar-refractivity contribution in [3.05, 3.63) is 47.0 Å². The van der Waals surface area contributed by atoms with Crippen molar-refractivity contribution in [1.82, 2.24) is 20.2 Å². The van der Waals surface area contributed by atoms with E-state index >= 15 is 0 Å². The van der Waals surface area contributed by atoms with Gasteiger partial charge in [-0.05, 0) is 77.0 Å². The summed E-state index contributed by atoms with van der Waals surface area (Å²) in [4.78, 5) is 57.3. The average molecular weight is 755 g/mol. The summed E-state index contributed by atoms with van der Waals surface area (Å²) in [6.45, 7) is 4.30. The highest BCUT2D eigenvalue weighted by Gasteiger charge is 2.63. The Morgan fingerprint density at radius 3 is 2.70 bits per heavy atom. The monoisotopic (exact) mass is 754 g/mol. The van der Waals surface area contributed by atoms with Crippen LogP contribution >= 0.6 is 11.3 Å². The molecule has 14 heteroatoms. The maximum atomic E-state index is 14.6. The zero-order chi connectivity index (χ0) is 37.4. The van der Waals surface area contributed by atoms with Crippen molar-refractivity contribution in [2.75, 3.05) is 19.0 Å². The molecule has 4 atom stereocenters. The van der Waals surface area contributed by atoms with Crippen molar-refractivity contribution in [1.29, 1.82) is 0 Å². The molecule has 5 heterocycles. The third kappa shape index (κ3) is 7.41. The minimum Gasteiger partial charge on any atom is -0.497 e. The van der Waals surface area contributed by atoms with Gasteiger partial charge in [-0.15, -0.1) is 17.1 Å². The predicted octanol–water partition coefficient (Wildman–Crippen LogP) is 6.72. The summed E-state index contributed by atoms with van der Waals surface area (Å²) in [5.41, 5.74) is 5.01. The smallest absolute Gasteiger partial charge is 0.408 e. The number of carbonyl (C=O) groups is 3. The number of thiazole rings is 1. The van der Waals surface area contributed by atoms with Crippen LogP contribution in [0.15, 0.2) is 52.0 Å². The number of ether oxygens (including phenoxy) is 4. The van der Waals surface area contributed by atoms with Gasteiger partial charge >= 0.3 is 12.1 Å². The van der Waals surface area contributed by atoms with E-state index in [1.807, 2.05) is 35.7 Å². The van der Waals surface area contributed by atoms with Crippen LogP contribution in [0.4, 0.5) is 9.93 Å². The summed E-state index contributed by atoms with van der Waals surface area (Å²) in [7, 11) is 1.61. The molecule has 3 fully saturated rings. The molecule has 2 amide bonds. The van der Waals surface area contributed by atoms with Gasteiger partial charge in [0.1, 0.15) is 41.5 Å². The maximum absolute atomic E-state index is 14.6.